The number of benzene rings is 2. The van der Waals surface area contributed by atoms with Gasteiger partial charge in [-0.25, -0.2) is 4.79 Å². The molecule has 2 aromatic rings. The normalized spacial score (nSPS) is 10.2. The van der Waals surface area contributed by atoms with Gasteiger partial charge in [-0.05, 0) is 49.6 Å². The quantitative estimate of drug-likeness (QED) is 0.712. The average Bonchev–Trinajstić information content (AvgIpc) is 2.62. The molecule has 0 heterocycles. The predicted molar refractivity (Wildman–Crippen MR) is 99.5 cm³/mol. The van der Waals surface area contributed by atoms with Crippen molar-refractivity contribution < 1.29 is 19.5 Å². The van der Waals surface area contributed by atoms with Crippen molar-refractivity contribution >= 4 is 23.5 Å². The summed E-state index contributed by atoms with van der Waals surface area (Å²) >= 11 is 0. The molecule has 0 spiro atoms. The minimum Gasteiger partial charge on any atom is -0.478 e. The van der Waals surface area contributed by atoms with Crippen LogP contribution < -0.4 is 10.6 Å². The highest BCUT2D eigenvalue weighted by molar-refractivity contribution is 5.98. The predicted octanol–water partition coefficient (Wildman–Crippen LogP) is 3.01. The van der Waals surface area contributed by atoms with Crippen molar-refractivity contribution in [3.05, 3.63) is 64.7 Å². The van der Waals surface area contributed by atoms with Crippen molar-refractivity contribution in [2.75, 3.05) is 11.9 Å². The zero-order valence-corrected chi connectivity index (χ0v) is 14.8. The van der Waals surface area contributed by atoms with Crippen molar-refractivity contribution in [2.45, 2.75) is 26.7 Å². The lowest BCUT2D eigenvalue weighted by molar-refractivity contribution is -0.116. The van der Waals surface area contributed by atoms with Crippen molar-refractivity contribution in [2.24, 2.45) is 0 Å². The van der Waals surface area contributed by atoms with Crippen LogP contribution in [-0.4, -0.2) is 29.4 Å². The molecule has 6 heteroatoms. The summed E-state index contributed by atoms with van der Waals surface area (Å²) in [4.78, 5) is 35.4. The maximum atomic E-state index is 12.3. The van der Waals surface area contributed by atoms with Crippen molar-refractivity contribution in [1.82, 2.24) is 5.32 Å². The SMILES string of the molecule is CCNC(=O)c1ccc(C)c(NC(=O)CCc2ccccc2C(=O)O)c1. The van der Waals surface area contributed by atoms with E-state index in [2.05, 4.69) is 10.6 Å². The molecule has 0 saturated heterocycles. The Morgan fingerprint density at radius 2 is 1.81 bits per heavy atom. The number of anilines is 1. The monoisotopic (exact) mass is 354 g/mol. The molecule has 0 fully saturated rings. The first-order valence-electron chi connectivity index (χ1n) is 8.42. The molecule has 0 aliphatic rings. The number of nitrogens with one attached hydrogen (secondary N) is 2. The highest BCUT2D eigenvalue weighted by Crippen LogP contribution is 2.18. The van der Waals surface area contributed by atoms with Gasteiger partial charge in [0, 0.05) is 24.2 Å². The van der Waals surface area contributed by atoms with Gasteiger partial charge in [-0.1, -0.05) is 24.3 Å². The summed E-state index contributed by atoms with van der Waals surface area (Å²) < 4.78 is 0. The summed E-state index contributed by atoms with van der Waals surface area (Å²) in [5.41, 5.74) is 2.71. The van der Waals surface area contributed by atoms with E-state index in [0.29, 0.717) is 29.8 Å². The van der Waals surface area contributed by atoms with Gasteiger partial charge < -0.3 is 15.7 Å². The van der Waals surface area contributed by atoms with Gasteiger partial charge in [0.1, 0.15) is 0 Å². The molecule has 3 N–H and O–H groups in total. The van der Waals surface area contributed by atoms with Gasteiger partial charge in [0.2, 0.25) is 5.91 Å². The van der Waals surface area contributed by atoms with Gasteiger partial charge in [0.15, 0.2) is 0 Å². The molecule has 0 radical (unpaired) electrons. The molecule has 136 valence electrons. The van der Waals surface area contributed by atoms with Crippen LogP contribution in [0.1, 0.15) is 45.2 Å². The molecule has 6 nitrogen and oxygen atoms in total. The zero-order chi connectivity index (χ0) is 19.1. The van der Waals surface area contributed by atoms with Crippen LogP contribution in [-0.2, 0) is 11.2 Å². The topological polar surface area (TPSA) is 95.5 Å². The number of carbonyl (C=O) groups is 3. The molecule has 26 heavy (non-hydrogen) atoms. The third kappa shape index (κ3) is 4.92. The molecular formula is C20H22N2O4. The number of carbonyl (C=O) groups excluding carboxylic acids is 2. The minimum absolute atomic E-state index is 0.148. The number of amides is 2. The van der Waals surface area contributed by atoms with E-state index < -0.39 is 5.97 Å². The van der Waals surface area contributed by atoms with E-state index in [0.717, 1.165) is 5.56 Å². The Kier molecular flexibility index (Phi) is 6.49. The van der Waals surface area contributed by atoms with Crippen molar-refractivity contribution in [3.8, 4) is 0 Å². The van der Waals surface area contributed by atoms with Crippen molar-refractivity contribution in [1.29, 1.82) is 0 Å². The summed E-state index contributed by atoms with van der Waals surface area (Å²) in [5.74, 6) is -1.44. The maximum absolute atomic E-state index is 12.3. The second-order valence-electron chi connectivity index (χ2n) is 5.90. The maximum Gasteiger partial charge on any atom is 0.335 e. The number of rotatable bonds is 7. The Bertz CT molecular complexity index is 830. The van der Waals surface area contributed by atoms with E-state index in [-0.39, 0.29) is 23.8 Å². The Hall–Kier alpha value is -3.15. The molecule has 0 bridgehead atoms. The molecular weight excluding hydrogens is 332 g/mol. The van der Waals surface area contributed by atoms with E-state index in [1.807, 2.05) is 13.8 Å². The Labute approximate surface area is 152 Å². The average molecular weight is 354 g/mol. The van der Waals surface area contributed by atoms with Crippen LogP contribution in [0.25, 0.3) is 0 Å². The Balaban J connectivity index is 2.05. The molecule has 0 aliphatic heterocycles. The standard InChI is InChI=1S/C20H22N2O4/c1-3-21-19(24)15-9-8-13(2)17(12-15)22-18(23)11-10-14-6-4-5-7-16(14)20(25)26/h4-9,12H,3,10-11H2,1-2H3,(H,21,24)(H,22,23)(H,25,26). The number of carboxylic acids is 1. The van der Waals surface area contributed by atoms with Crippen LogP contribution in [0, 0.1) is 6.92 Å². The number of hydrogen-bond donors (Lipinski definition) is 3. The second kappa shape index (κ2) is 8.80. The number of hydrogen-bond acceptors (Lipinski definition) is 3. The first kappa shape index (κ1) is 19.2. The Morgan fingerprint density at radius 1 is 1.08 bits per heavy atom. The van der Waals surface area contributed by atoms with Crippen LogP contribution >= 0.6 is 0 Å². The lowest BCUT2D eigenvalue weighted by Crippen LogP contribution is -2.23. The van der Waals surface area contributed by atoms with E-state index in [4.69, 9.17) is 0 Å². The van der Waals surface area contributed by atoms with Crippen LogP contribution in [0.2, 0.25) is 0 Å². The fourth-order valence-electron chi connectivity index (χ4n) is 2.57. The Morgan fingerprint density at radius 3 is 2.50 bits per heavy atom. The fourth-order valence-corrected chi connectivity index (χ4v) is 2.57. The van der Waals surface area contributed by atoms with Gasteiger partial charge in [-0.2, -0.15) is 0 Å². The summed E-state index contributed by atoms with van der Waals surface area (Å²) in [6.07, 6.45) is 0.471. The van der Waals surface area contributed by atoms with Gasteiger partial charge in [-0.15, -0.1) is 0 Å². The number of carboxylic acid groups (broad SMARTS) is 1. The first-order chi connectivity index (χ1) is 12.4. The van der Waals surface area contributed by atoms with E-state index >= 15 is 0 Å². The third-order valence-corrected chi connectivity index (χ3v) is 3.98. The van der Waals surface area contributed by atoms with Gasteiger partial charge in [-0.3, -0.25) is 9.59 Å². The van der Waals surface area contributed by atoms with Gasteiger partial charge >= 0.3 is 5.97 Å². The molecule has 0 saturated carbocycles. The molecule has 0 aliphatic carbocycles. The fraction of sp³-hybridized carbons (Fsp3) is 0.250. The van der Waals surface area contributed by atoms with E-state index in [9.17, 15) is 19.5 Å². The molecule has 2 amide bonds. The highest BCUT2D eigenvalue weighted by Gasteiger charge is 2.12. The number of aryl methyl sites for hydroxylation is 2. The second-order valence-corrected chi connectivity index (χ2v) is 5.90. The summed E-state index contributed by atoms with van der Waals surface area (Å²) in [6, 6.07) is 11.8. The van der Waals surface area contributed by atoms with Crippen molar-refractivity contribution in [3.63, 3.8) is 0 Å². The summed E-state index contributed by atoms with van der Waals surface area (Å²) in [7, 11) is 0. The molecule has 2 rings (SSSR count). The first-order valence-corrected chi connectivity index (χ1v) is 8.42. The van der Waals surface area contributed by atoms with Crippen LogP contribution in [0.5, 0.6) is 0 Å². The van der Waals surface area contributed by atoms with Gasteiger partial charge in [0.25, 0.3) is 5.91 Å². The zero-order valence-electron chi connectivity index (χ0n) is 14.8. The third-order valence-electron chi connectivity index (χ3n) is 3.98. The van der Waals surface area contributed by atoms with Crippen LogP contribution in [0.4, 0.5) is 5.69 Å². The largest absolute Gasteiger partial charge is 0.478 e. The van der Waals surface area contributed by atoms with Crippen LogP contribution in [0.15, 0.2) is 42.5 Å². The molecule has 0 aromatic heterocycles. The summed E-state index contributed by atoms with van der Waals surface area (Å²) in [6.45, 7) is 4.21. The highest BCUT2D eigenvalue weighted by atomic mass is 16.4. The van der Waals surface area contributed by atoms with E-state index in [1.165, 1.54) is 6.07 Å². The van der Waals surface area contributed by atoms with Crippen LogP contribution in [0.3, 0.4) is 0 Å². The summed E-state index contributed by atoms with van der Waals surface area (Å²) in [5, 5.41) is 14.7. The lowest BCUT2D eigenvalue weighted by Gasteiger charge is -2.11. The lowest BCUT2D eigenvalue weighted by atomic mass is 10.0. The van der Waals surface area contributed by atoms with Gasteiger partial charge in [0.05, 0.1) is 5.56 Å². The minimum atomic E-state index is -1.01. The molecule has 0 unspecified atom stereocenters. The number of aromatic carboxylic acids is 1. The molecule has 0 atom stereocenters. The smallest absolute Gasteiger partial charge is 0.335 e. The molecule has 2 aromatic carbocycles. The van der Waals surface area contributed by atoms with E-state index in [1.54, 1.807) is 36.4 Å².